The third-order valence-corrected chi connectivity index (χ3v) is 2.05. The smallest absolute Gasteiger partial charge is 0.267 e. The molecule has 2 rings (SSSR count). The Bertz CT molecular complexity index is 680. The normalized spacial score (nSPS) is 9.87. The fraction of sp³-hybridized carbons (Fsp3) is 0. The summed E-state index contributed by atoms with van der Waals surface area (Å²) in [6.45, 7) is 0. The van der Waals surface area contributed by atoms with Crippen molar-refractivity contribution in [1.82, 2.24) is 10.2 Å². The predicted octanol–water partition coefficient (Wildman–Crippen LogP) is 0.951. The summed E-state index contributed by atoms with van der Waals surface area (Å²) >= 11 is 4.44. The summed E-state index contributed by atoms with van der Waals surface area (Å²) in [6, 6.07) is 4.61. The first-order valence-electron chi connectivity index (χ1n) is 4.05. The van der Waals surface area contributed by atoms with Crippen LogP contribution in [-0.2, 0) is 0 Å². The number of aliphatic imine (C=N–C) groups is 1. The number of thiocarbonyl (C=S) groups is 1. The number of aromatic nitrogens is 2. The van der Waals surface area contributed by atoms with E-state index in [2.05, 4.69) is 32.6 Å². The lowest BCUT2D eigenvalue weighted by atomic mass is 10.2. The van der Waals surface area contributed by atoms with Crippen LogP contribution in [0, 0.1) is 0 Å². The van der Waals surface area contributed by atoms with Crippen molar-refractivity contribution in [3.63, 3.8) is 0 Å². The molecule has 0 atom stereocenters. The zero-order chi connectivity index (χ0) is 10.8. The van der Waals surface area contributed by atoms with E-state index in [4.69, 9.17) is 0 Å². The quantitative estimate of drug-likeness (QED) is 0.553. The van der Waals surface area contributed by atoms with Crippen molar-refractivity contribution in [3.05, 3.63) is 38.9 Å². The molecule has 0 radical (unpaired) electrons. The van der Waals surface area contributed by atoms with Gasteiger partial charge in [0, 0.05) is 0 Å². The van der Waals surface area contributed by atoms with E-state index in [1.165, 1.54) is 12.1 Å². The largest absolute Gasteiger partial charge is 0.270 e. The van der Waals surface area contributed by atoms with Gasteiger partial charge in [-0.1, -0.05) is 0 Å². The third-order valence-electron chi connectivity index (χ3n) is 1.96. The molecule has 1 heterocycles. The molecule has 0 saturated heterocycles. The van der Waals surface area contributed by atoms with Gasteiger partial charge in [-0.2, -0.15) is 4.99 Å². The molecule has 15 heavy (non-hydrogen) atoms. The minimum atomic E-state index is -0.369. The Morgan fingerprint density at radius 1 is 1.13 bits per heavy atom. The molecule has 0 aliphatic rings. The Morgan fingerprint density at radius 3 is 2.47 bits per heavy atom. The molecule has 5 nitrogen and oxygen atoms in total. The molecule has 2 N–H and O–H groups in total. The maximum absolute atomic E-state index is 11.4. The molecule has 0 amide bonds. The number of H-pyrrole nitrogens is 2. The van der Waals surface area contributed by atoms with Crippen LogP contribution in [0.1, 0.15) is 0 Å². The first kappa shape index (κ1) is 9.51. The van der Waals surface area contributed by atoms with Gasteiger partial charge in [0.15, 0.2) is 0 Å². The van der Waals surface area contributed by atoms with Crippen LogP contribution in [-0.4, -0.2) is 15.4 Å². The van der Waals surface area contributed by atoms with Crippen LogP contribution >= 0.6 is 12.2 Å². The monoisotopic (exact) mass is 219 g/mol. The van der Waals surface area contributed by atoms with Gasteiger partial charge in [0.2, 0.25) is 0 Å². The molecule has 6 heteroatoms. The van der Waals surface area contributed by atoms with Crippen molar-refractivity contribution < 1.29 is 0 Å². The summed E-state index contributed by atoms with van der Waals surface area (Å²) in [5, 5.41) is 7.26. The Hall–Kier alpha value is -2.04. The van der Waals surface area contributed by atoms with Crippen molar-refractivity contribution in [1.29, 1.82) is 0 Å². The second kappa shape index (κ2) is 3.61. The number of nitrogens with one attached hydrogen (secondary N) is 2. The highest BCUT2D eigenvalue weighted by molar-refractivity contribution is 7.78. The van der Waals surface area contributed by atoms with Crippen molar-refractivity contribution in [3.8, 4) is 0 Å². The summed E-state index contributed by atoms with van der Waals surface area (Å²) in [4.78, 5) is 26.4. The number of hydrogen-bond acceptors (Lipinski definition) is 4. The van der Waals surface area contributed by atoms with Gasteiger partial charge in [0.05, 0.1) is 21.6 Å². The molecular formula is C9H5N3O2S. The van der Waals surface area contributed by atoms with Gasteiger partial charge in [0.25, 0.3) is 11.1 Å². The minimum absolute atomic E-state index is 0.283. The Balaban J connectivity index is 2.93. The molecule has 0 aliphatic carbocycles. The number of isothiocyanates is 1. The number of aromatic amines is 2. The molecular weight excluding hydrogens is 214 g/mol. The zero-order valence-corrected chi connectivity index (χ0v) is 8.22. The van der Waals surface area contributed by atoms with Crippen molar-refractivity contribution >= 4 is 33.8 Å². The molecule has 74 valence electrons. The van der Waals surface area contributed by atoms with E-state index in [0.717, 1.165) is 0 Å². The molecule has 0 unspecified atom stereocenters. The van der Waals surface area contributed by atoms with Crippen LogP contribution in [0.4, 0.5) is 5.69 Å². The first-order chi connectivity index (χ1) is 7.22. The van der Waals surface area contributed by atoms with Gasteiger partial charge in [-0.15, -0.1) is 0 Å². The highest BCUT2D eigenvalue weighted by Crippen LogP contribution is 2.15. The highest BCUT2D eigenvalue weighted by Gasteiger charge is 2.02. The minimum Gasteiger partial charge on any atom is -0.267 e. The third kappa shape index (κ3) is 1.63. The van der Waals surface area contributed by atoms with E-state index in [1.54, 1.807) is 6.07 Å². The standard InChI is InChI=1S/C9H5N3O2S/c13-8-6-2-1-5(10-4-15)3-7(6)9(14)12-11-8/h1-3H,(H,11,13)(H,12,14). The fourth-order valence-electron chi connectivity index (χ4n) is 1.29. The van der Waals surface area contributed by atoms with Gasteiger partial charge in [0.1, 0.15) is 0 Å². The van der Waals surface area contributed by atoms with Crippen LogP contribution in [0.3, 0.4) is 0 Å². The summed E-state index contributed by atoms with van der Waals surface area (Å²) in [5.74, 6) is 0. The molecule has 0 bridgehead atoms. The summed E-state index contributed by atoms with van der Waals surface area (Å²) < 4.78 is 0. The lowest BCUT2D eigenvalue weighted by Crippen LogP contribution is -2.18. The Morgan fingerprint density at radius 2 is 1.80 bits per heavy atom. The summed E-state index contributed by atoms with van der Waals surface area (Å²) in [5.41, 5.74) is -0.220. The number of fused-ring (bicyclic) bond motifs is 1. The van der Waals surface area contributed by atoms with Crippen LogP contribution in [0.2, 0.25) is 0 Å². The van der Waals surface area contributed by atoms with Crippen LogP contribution in [0.15, 0.2) is 32.8 Å². The summed E-state index contributed by atoms with van der Waals surface area (Å²) in [7, 11) is 0. The van der Waals surface area contributed by atoms with E-state index >= 15 is 0 Å². The van der Waals surface area contributed by atoms with Crippen LogP contribution in [0.5, 0.6) is 0 Å². The van der Waals surface area contributed by atoms with Crippen molar-refractivity contribution in [2.75, 3.05) is 0 Å². The number of rotatable bonds is 1. The lowest BCUT2D eigenvalue weighted by Gasteiger charge is -1.95. The van der Waals surface area contributed by atoms with Gasteiger partial charge >= 0.3 is 0 Å². The second-order valence-corrected chi connectivity index (χ2v) is 3.02. The van der Waals surface area contributed by atoms with Crippen LogP contribution in [0.25, 0.3) is 10.8 Å². The summed E-state index contributed by atoms with van der Waals surface area (Å²) in [6.07, 6.45) is 0. The maximum Gasteiger partial charge on any atom is 0.270 e. The highest BCUT2D eigenvalue weighted by atomic mass is 32.1. The maximum atomic E-state index is 11.4. The molecule has 1 aromatic heterocycles. The second-order valence-electron chi connectivity index (χ2n) is 2.84. The van der Waals surface area contributed by atoms with E-state index in [1.807, 2.05) is 0 Å². The fourth-order valence-corrected chi connectivity index (χ4v) is 1.39. The van der Waals surface area contributed by atoms with Crippen LogP contribution < -0.4 is 11.1 Å². The Kier molecular flexibility index (Phi) is 2.29. The average Bonchev–Trinajstić information content (AvgIpc) is 2.24. The van der Waals surface area contributed by atoms with Gasteiger partial charge in [-0.3, -0.25) is 19.8 Å². The molecule has 1 aromatic carbocycles. The zero-order valence-electron chi connectivity index (χ0n) is 7.40. The SMILES string of the molecule is O=c1[nH][nH]c(=O)c2cc(N=C=S)ccc12. The topological polar surface area (TPSA) is 78.1 Å². The van der Waals surface area contributed by atoms with Gasteiger partial charge in [-0.05, 0) is 30.4 Å². The average molecular weight is 219 g/mol. The molecule has 0 aliphatic heterocycles. The van der Waals surface area contributed by atoms with E-state index < -0.39 is 0 Å². The molecule has 0 fully saturated rings. The van der Waals surface area contributed by atoms with Crippen molar-refractivity contribution in [2.24, 2.45) is 4.99 Å². The molecule has 0 saturated carbocycles. The van der Waals surface area contributed by atoms with E-state index in [-0.39, 0.29) is 16.5 Å². The van der Waals surface area contributed by atoms with Gasteiger partial charge in [-0.25, -0.2) is 0 Å². The molecule has 0 spiro atoms. The van der Waals surface area contributed by atoms with Gasteiger partial charge < -0.3 is 0 Å². The van der Waals surface area contributed by atoms with E-state index in [0.29, 0.717) is 11.1 Å². The Labute approximate surface area is 88.5 Å². The van der Waals surface area contributed by atoms with E-state index in [9.17, 15) is 9.59 Å². The predicted molar refractivity (Wildman–Crippen MR) is 59.9 cm³/mol. The van der Waals surface area contributed by atoms with Crippen molar-refractivity contribution in [2.45, 2.75) is 0 Å². The molecule has 2 aromatic rings. The number of nitrogens with zero attached hydrogens (tertiary/aromatic N) is 1. The number of benzene rings is 1. The number of hydrogen-bond donors (Lipinski definition) is 2. The first-order valence-corrected chi connectivity index (χ1v) is 4.46. The lowest BCUT2D eigenvalue weighted by molar-refractivity contribution is 0.976.